The minimum Gasteiger partial charge on any atom is -0.231 e. The van der Waals surface area contributed by atoms with Crippen molar-refractivity contribution < 1.29 is 14.1 Å². The summed E-state index contributed by atoms with van der Waals surface area (Å²) in [6.45, 7) is 4.47. The number of nitrogens with zero attached hydrogens (tertiary/aromatic N) is 1. The first-order chi connectivity index (χ1) is 5.59. The molecule has 1 rings (SSSR count). The average Bonchev–Trinajstić information content (AvgIpc) is 2.05. The van der Waals surface area contributed by atoms with E-state index >= 15 is 0 Å². The summed E-state index contributed by atoms with van der Waals surface area (Å²) in [6, 6.07) is 0. The molecule has 0 atom stereocenters. The van der Waals surface area contributed by atoms with Gasteiger partial charge in [-0.3, -0.25) is 0 Å². The highest BCUT2D eigenvalue weighted by atomic mass is 16.2. The molecule has 1 aliphatic heterocycles. The lowest BCUT2D eigenvalue weighted by Crippen LogP contribution is -2.57. The van der Waals surface area contributed by atoms with Crippen LogP contribution >= 0.6 is 0 Å². The predicted octanol–water partition coefficient (Wildman–Crippen LogP) is 1.08. The number of rotatable bonds is 0. The number of carbonyl (C=O) groups is 2. The standard InChI is InChI=1S/C9H16NO2/c1-8(11)10(9(2)12)6-4-3-5-7-10/h3-7H2,1-2H3/q+1. The van der Waals surface area contributed by atoms with Crippen LogP contribution in [0.25, 0.3) is 0 Å². The number of piperidine rings is 1. The van der Waals surface area contributed by atoms with Gasteiger partial charge in [-0.15, -0.1) is 0 Å². The lowest BCUT2D eigenvalue weighted by atomic mass is 10.1. The van der Waals surface area contributed by atoms with Crippen molar-refractivity contribution >= 4 is 11.8 Å². The van der Waals surface area contributed by atoms with E-state index in [0.29, 0.717) is 13.1 Å². The topological polar surface area (TPSA) is 34.1 Å². The fourth-order valence-electron chi connectivity index (χ4n) is 1.90. The number of carbonyl (C=O) groups excluding carboxylic acids is 2. The zero-order chi connectivity index (χ0) is 9.19. The zero-order valence-corrected chi connectivity index (χ0v) is 7.80. The highest BCUT2D eigenvalue weighted by molar-refractivity contribution is 5.81. The van der Waals surface area contributed by atoms with Gasteiger partial charge in [-0.2, -0.15) is 4.48 Å². The van der Waals surface area contributed by atoms with Gasteiger partial charge in [0.2, 0.25) is 0 Å². The maximum Gasteiger partial charge on any atom is 0.317 e. The molecule has 1 heterocycles. The third-order valence-electron chi connectivity index (χ3n) is 2.79. The van der Waals surface area contributed by atoms with Crippen molar-refractivity contribution in [1.82, 2.24) is 0 Å². The molecule has 68 valence electrons. The van der Waals surface area contributed by atoms with Gasteiger partial charge in [0.1, 0.15) is 0 Å². The molecule has 0 aromatic carbocycles. The Kier molecular flexibility index (Phi) is 2.62. The van der Waals surface area contributed by atoms with E-state index in [1.807, 2.05) is 0 Å². The van der Waals surface area contributed by atoms with Gasteiger partial charge in [-0.25, -0.2) is 9.59 Å². The van der Waals surface area contributed by atoms with E-state index < -0.39 is 0 Å². The summed E-state index contributed by atoms with van der Waals surface area (Å²) in [5.41, 5.74) is 0. The highest BCUT2D eigenvalue weighted by Crippen LogP contribution is 2.19. The summed E-state index contributed by atoms with van der Waals surface area (Å²) in [5.74, 6) is 0.00407. The molecule has 0 aromatic heterocycles. The van der Waals surface area contributed by atoms with Crippen LogP contribution in [-0.2, 0) is 9.59 Å². The van der Waals surface area contributed by atoms with Gasteiger partial charge in [0, 0.05) is 0 Å². The van der Waals surface area contributed by atoms with Crippen LogP contribution in [0.3, 0.4) is 0 Å². The van der Waals surface area contributed by atoms with Crippen molar-refractivity contribution in [3.8, 4) is 0 Å². The summed E-state index contributed by atoms with van der Waals surface area (Å²) >= 11 is 0. The van der Waals surface area contributed by atoms with E-state index in [9.17, 15) is 9.59 Å². The molecule has 0 saturated carbocycles. The maximum atomic E-state index is 11.3. The van der Waals surface area contributed by atoms with Gasteiger partial charge in [0.05, 0.1) is 26.9 Å². The molecule has 1 aliphatic rings. The molecule has 0 radical (unpaired) electrons. The molecule has 1 saturated heterocycles. The Bertz CT molecular complexity index is 189. The fraction of sp³-hybridized carbons (Fsp3) is 0.778. The second-order valence-electron chi connectivity index (χ2n) is 3.51. The quantitative estimate of drug-likeness (QED) is 0.510. The normalized spacial score (nSPS) is 21.8. The van der Waals surface area contributed by atoms with Gasteiger partial charge in [0.15, 0.2) is 0 Å². The second kappa shape index (κ2) is 3.35. The van der Waals surface area contributed by atoms with E-state index in [-0.39, 0.29) is 16.3 Å². The number of hydrogen-bond acceptors (Lipinski definition) is 2. The first-order valence-corrected chi connectivity index (χ1v) is 4.49. The van der Waals surface area contributed by atoms with Crippen molar-refractivity contribution in [2.45, 2.75) is 33.1 Å². The van der Waals surface area contributed by atoms with Crippen LogP contribution in [0.2, 0.25) is 0 Å². The molecule has 0 bridgehead atoms. The molecule has 0 N–H and O–H groups in total. The van der Waals surface area contributed by atoms with Crippen LogP contribution in [0.1, 0.15) is 33.1 Å². The van der Waals surface area contributed by atoms with E-state index in [4.69, 9.17) is 0 Å². The van der Waals surface area contributed by atoms with E-state index in [1.165, 1.54) is 13.8 Å². The summed E-state index contributed by atoms with van der Waals surface area (Å²) in [5, 5.41) is 0. The lowest BCUT2D eigenvalue weighted by Gasteiger charge is -2.34. The van der Waals surface area contributed by atoms with Gasteiger partial charge in [-0.1, -0.05) is 0 Å². The van der Waals surface area contributed by atoms with Crippen LogP contribution in [0.15, 0.2) is 0 Å². The van der Waals surface area contributed by atoms with Gasteiger partial charge < -0.3 is 0 Å². The van der Waals surface area contributed by atoms with Crippen molar-refractivity contribution in [3.05, 3.63) is 0 Å². The van der Waals surface area contributed by atoms with Crippen LogP contribution in [0.4, 0.5) is 0 Å². The smallest absolute Gasteiger partial charge is 0.231 e. The largest absolute Gasteiger partial charge is 0.317 e. The molecule has 12 heavy (non-hydrogen) atoms. The second-order valence-corrected chi connectivity index (χ2v) is 3.51. The molecule has 0 aromatic rings. The molecular weight excluding hydrogens is 154 g/mol. The summed E-state index contributed by atoms with van der Waals surface area (Å²) < 4.78 is 0.0833. The van der Waals surface area contributed by atoms with Crippen molar-refractivity contribution in [3.63, 3.8) is 0 Å². The lowest BCUT2D eigenvalue weighted by molar-refractivity contribution is -0.783. The van der Waals surface area contributed by atoms with E-state index in [2.05, 4.69) is 0 Å². The number of hydrogen-bond donors (Lipinski definition) is 0. The number of quaternary nitrogens is 1. The Morgan fingerprint density at radius 2 is 1.33 bits per heavy atom. The minimum absolute atomic E-state index is 0.00204. The first kappa shape index (κ1) is 9.39. The average molecular weight is 170 g/mol. The third-order valence-corrected chi connectivity index (χ3v) is 2.79. The SMILES string of the molecule is CC(=O)[N+]1(C(C)=O)CCCCC1. The van der Waals surface area contributed by atoms with E-state index in [1.54, 1.807) is 0 Å². The Morgan fingerprint density at radius 1 is 0.917 bits per heavy atom. The van der Waals surface area contributed by atoms with Gasteiger partial charge >= 0.3 is 11.8 Å². The summed E-state index contributed by atoms with van der Waals surface area (Å²) in [4.78, 5) is 22.6. The predicted molar refractivity (Wildman–Crippen MR) is 45.2 cm³/mol. The minimum atomic E-state index is 0.00204. The van der Waals surface area contributed by atoms with E-state index in [0.717, 1.165) is 19.3 Å². The molecule has 3 nitrogen and oxygen atoms in total. The molecule has 0 spiro atoms. The zero-order valence-electron chi connectivity index (χ0n) is 7.80. The number of amides is 2. The molecule has 3 heteroatoms. The van der Waals surface area contributed by atoms with Crippen LogP contribution in [-0.4, -0.2) is 29.4 Å². The number of likely N-dealkylation sites (tertiary alicyclic amines) is 1. The molecule has 2 amide bonds. The van der Waals surface area contributed by atoms with Crippen LogP contribution < -0.4 is 0 Å². The Morgan fingerprint density at radius 3 is 1.58 bits per heavy atom. The first-order valence-electron chi connectivity index (χ1n) is 4.49. The molecule has 0 unspecified atom stereocenters. The van der Waals surface area contributed by atoms with Crippen LogP contribution in [0, 0.1) is 0 Å². The molecule has 0 aliphatic carbocycles. The van der Waals surface area contributed by atoms with Crippen molar-refractivity contribution in [2.75, 3.05) is 13.1 Å². The summed E-state index contributed by atoms with van der Waals surface area (Å²) in [7, 11) is 0. The summed E-state index contributed by atoms with van der Waals surface area (Å²) in [6.07, 6.45) is 3.15. The fourth-order valence-corrected chi connectivity index (χ4v) is 1.90. The highest BCUT2D eigenvalue weighted by Gasteiger charge is 2.39. The molecular formula is C9H16NO2+. The number of imide groups is 1. The Hall–Kier alpha value is -0.700. The van der Waals surface area contributed by atoms with Gasteiger partial charge in [0.25, 0.3) is 0 Å². The monoisotopic (exact) mass is 170 g/mol. The van der Waals surface area contributed by atoms with Crippen LogP contribution in [0.5, 0.6) is 0 Å². The third kappa shape index (κ3) is 1.41. The van der Waals surface area contributed by atoms with Crippen molar-refractivity contribution in [1.29, 1.82) is 0 Å². The van der Waals surface area contributed by atoms with Gasteiger partial charge in [-0.05, 0) is 19.3 Å². The molecule has 1 fully saturated rings. The Balaban J connectivity index is 2.84. The maximum absolute atomic E-state index is 11.3. The Labute approximate surface area is 72.9 Å². The van der Waals surface area contributed by atoms with Crippen molar-refractivity contribution in [2.24, 2.45) is 0 Å².